The minimum atomic E-state index is 0.373. The molecule has 0 spiro atoms. The first-order valence-electron chi connectivity index (χ1n) is 6.33. The molecule has 3 nitrogen and oxygen atoms in total. The predicted molar refractivity (Wildman–Crippen MR) is 61.8 cm³/mol. The molecule has 0 aromatic rings. The Morgan fingerprint density at radius 1 is 1.33 bits per heavy atom. The van der Waals surface area contributed by atoms with Crippen molar-refractivity contribution in [2.45, 2.75) is 44.8 Å². The first kappa shape index (κ1) is 11.4. The van der Waals surface area contributed by atoms with Gasteiger partial charge >= 0.3 is 0 Å². The summed E-state index contributed by atoms with van der Waals surface area (Å²) in [5.41, 5.74) is 6.04. The van der Waals surface area contributed by atoms with Gasteiger partial charge in [0, 0.05) is 32.3 Å². The topological polar surface area (TPSA) is 38.5 Å². The van der Waals surface area contributed by atoms with Crippen molar-refractivity contribution < 1.29 is 4.74 Å². The predicted octanol–water partition coefficient (Wildman–Crippen LogP) is 1.22. The van der Waals surface area contributed by atoms with Crippen molar-refractivity contribution in [1.29, 1.82) is 0 Å². The van der Waals surface area contributed by atoms with Crippen LogP contribution in [-0.4, -0.2) is 43.3 Å². The van der Waals surface area contributed by atoms with Crippen LogP contribution in [0.4, 0.5) is 0 Å². The minimum Gasteiger partial charge on any atom is -0.377 e. The lowest BCUT2D eigenvalue weighted by Gasteiger charge is -2.37. The van der Waals surface area contributed by atoms with E-state index in [2.05, 4.69) is 11.8 Å². The average molecular weight is 212 g/mol. The molecule has 2 rings (SSSR count). The second kappa shape index (κ2) is 5.28. The van der Waals surface area contributed by atoms with Gasteiger partial charge in [0.15, 0.2) is 0 Å². The smallest absolute Gasteiger partial charge is 0.0702 e. The molecule has 0 bridgehead atoms. The zero-order chi connectivity index (χ0) is 10.7. The quantitative estimate of drug-likeness (QED) is 0.748. The van der Waals surface area contributed by atoms with Crippen molar-refractivity contribution in [3.05, 3.63) is 0 Å². The summed E-state index contributed by atoms with van der Waals surface area (Å²) in [7, 11) is 0. The summed E-state index contributed by atoms with van der Waals surface area (Å²) in [5, 5.41) is 0. The third-order valence-electron chi connectivity index (χ3n) is 3.50. The zero-order valence-electron chi connectivity index (χ0n) is 9.82. The Morgan fingerprint density at radius 3 is 2.87 bits per heavy atom. The molecular weight excluding hydrogens is 188 g/mol. The van der Waals surface area contributed by atoms with Gasteiger partial charge in [-0.25, -0.2) is 0 Å². The lowest BCUT2D eigenvalue weighted by atomic mass is 9.96. The van der Waals surface area contributed by atoms with E-state index in [1.165, 1.54) is 32.2 Å². The Labute approximate surface area is 93.0 Å². The molecule has 15 heavy (non-hydrogen) atoms. The van der Waals surface area contributed by atoms with Gasteiger partial charge < -0.3 is 10.5 Å². The van der Waals surface area contributed by atoms with E-state index in [1.807, 2.05) is 0 Å². The minimum absolute atomic E-state index is 0.373. The van der Waals surface area contributed by atoms with Crippen molar-refractivity contribution in [1.82, 2.24) is 4.90 Å². The fraction of sp³-hybridized carbons (Fsp3) is 1.00. The lowest BCUT2D eigenvalue weighted by molar-refractivity contribution is -0.0136. The Kier molecular flexibility index (Phi) is 4.00. The van der Waals surface area contributed by atoms with Gasteiger partial charge in [0.05, 0.1) is 6.10 Å². The third-order valence-corrected chi connectivity index (χ3v) is 3.50. The van der Waals surface area contributed by atoms with E-state index in [1.54, 1.807) is 0 Å². The highest BCUT2D eigenvalue weighted by atomic mass is 16.5. The van der Waals surface area contributed by atoms with Gasteiger partial charge in [0.25, 0.3) is 0 Å². The van der Waals surface area contributed by atoms with Gasteiger partial charge in [-0.3, -0.25) is 4.90 Å². The largest absolute Gasteiger partial charge is 0.377 e. The molecule has 0 aromatic carbocycles. The van der Waals surface area contributed by atoms with E-state index in [4.69, 9.17) is 10.5 Å². The number of nitrogens with zero attached hydrogens (tertiary/aromatic N) is 1. The van der Waals surface area contributed by atoms with Crippen LogP contribution in [0.25, 0.3) is 0 Å². The Morgan fingerprint density at radius 2 is 2.20 bits per heavy atom. The summed E-state index contributed by atoms with van der Waals surface area (Å²) in [6.07, 6.45) is 5.46. The second-order valence-electron chi connectivity index (χ2n) is 5.31. The maximum Gasteiger partial charge on any atom is 0.0702 e. The summed E-state index contributed by atoms with van der Waals surface area (Å²) >= 11 is 0. The third kappa shape index (κ3) is 3.44. The molecule has 0 aromatic heterocycles. The molecule has 0 radical (unpaired) electrons. The van der Waals surface area contributed by atoms with E-state index in [0.29, 0.717) is 12.1 Å². The normalized spacial score (nSPS) is 39.2. The molecule has 3 heteroatoms. The standard InChI is InChI=1S/C12H24N2O/c1-10-6-11(13)8-14(7-10)9-12-4-2-3-5-15-12/h10-12H,2-9,13H2,1H3. The molecule has 2 aliphatic heterocycles. The summed E-state index contributed by atoms with van der Waals surface area (Å²) in [4.78, 5) is 2.49. The molecule has 2 aliphatic rings. The van der Waals surface area contributed by atoms with E-state index in [0.717, 1.165) is 25.6 Å². The molecule has 2 heterocycles. The Hall–Kier alpha value is -0.120. The van der Waals surface area contributed by atoms with E-state index in [-0.39, 0.29) is 0 Å². The molecule has 2 fully saturated rings. The zero-order valence-corrected chi connectivity index (χ0v) is 9.82. The van der Waals surface area contributed by atoms with Crippen LogP contribution in [0.15, 0.2) is 0 Å². The first-order chi connectivity index (χ1) is 7.24. The van der Waals surface area contributed by atoms with Gasteiger partial charge in [-0.1, -0.05) is 6.92 Å². The number of piperidine rings is 1. The Bertz CT molecular complexity index is 182. The van der Waals surface area contributed by atoms with Crippen LogP contribution in [0, 0.1) is 5.92 Å². The molecule has 2 saturated heterocycles. The van der Waals surface area contributed by atoms with Crippen LogP contribution in [0.3, 0.4) is 0 Å². The van der Waals surface area contributed by atoms with Crippen LogP contribution in [0.2, 0.25) is 0 Å². The highest BCUT2D eigenvalue weighted by molar-refractivity contribution is 4.81. The summed E-state index contributed by atoms with van der Waals surface area (Å²) in [6.45, 7) is 6.61. The van der Waals surface area contributed by atoms with Crippen molar-refractivity contribution in [2.24, 2.45) is 11.7 Å². The summed E-state index contributed by atoms with van der Waals surface area (Å²) in [6, 6.07) is 0.373. The maximum absolute atomic E-state index is 6.04. The van der Waals surface area contributed by atoms with Gasteiger partial charge in [-0.15, -0.1) is 0 Å². The van der Waals surface area contributed by atoms with Gasteiger partial charge in [0.1, 0.15) is 0 Å². The average Bonchev–Trinajstić information content (AvgIpc) is 2.17. The van der Waals surface area contributed by atoms with Crippen LogP contribution < -0.4 is 5.73 Å². The van der Waals surface area contributed by atoms with Crippen molar-refractivity contribution >= 4 is 0 Å². The molecule has 0 aliphatic carbocycles. The number of rotatable bonds is 2. The second-order valence-corrected chi connectivity index (χ2v) is 5.31. The first-order valence-corrected chi connectivity index (χ1v) is 6.33. The van der Waals surface area contributed by atoms with Crippen molar-refractivity contribution in [3.8, 4) is 0 Å². The fourth-order valence-corrected chi connectivity index (χ4v) is 2.90. The number of hydrogen-bond acceptors (Lipinski definition) is 3. The fourth-order valence-electron chi connectivity index (χ4n) is 2.90. The molecule has 3 atom stereocenters. The number of hydrogen-bond donors (Lipinski definition) is 1. The monoisotopic (exact) mass is 212 g/mol. The summed E-state index contributed by atoms with van der Waals surface area (Å²) in [5.74, 6) is 0.748. The van der Waals surface area contributed by atoms with Gasteiger partial charge in [-0.05, 0) is 31.6 Å². The molecule has 2 N–H and O–H groups in total. The van der Waals surface area contributed by atoms with Crippen molar-refractivity contribution in [2.75, 3.05) is 26.2 Å². The van der Waals surface area contributed by atoms with E-state index >= 15 is 0 Å². The number of ether oxygens (including phenoxy) is 1. The van der Waals surface area contributed by atoms with Crippen LogP contribution in [-0.2, 0) is 4.74 Å². The summed E-state index contributed by atoms with van der Waals surface area (Å²) < 4.78 is 5.77. The molecule has 3 unspecified atom stereocenters. The number of likely N-dealkylation sites (tertiary alicyclic amines) is 1. The van der Waals surface area contributed by atoms with Gasteiger partial charge in [-0.2, -0.15) is 0 Å². The van der Waals surface area contributed by atoms with E-state index in [9.17, 15) is 0 Å². The Balaban J connectivity index is 1.77. The van der Waals surface area contributed by atoms with Crippen molar-refractivity contribution in [3.63, 3.8) is 0 Å². The lowest BCUT2D eigenvalue weighted by Crippen LogP contribution is -2.49. The highest BCUT2D eigenvalue weighted by Crippen LogP contribution is 2.19. The molecular formula is C12H24N2O. The molecule has 0 saturated carbocycles. The SMILES string of the molecule is CC1CC(N)CN(CC2CCCCO2)C1. The van der Waals surface area contributed by atoms with Crippen LogP contribution >= 0.6 is 0 Å². The van der Waals surface area contributed by atoms with Crippen LogP contribution in [0.1, 0.15) is 32.6 Å². The van der Waals surface area contributed by atoms with E-state index < -0.39 is 0 Å². The molecule has 88 valence electrons. The van der Waals surface area contributed by atoms with Gasteiger partial charge in [0.2, 0.25) is 0 Å². The molecule has 0 amide bonds. The maximum atomic E-state index is 6.04. The highest BCUT2D eigenvalue weighted by Gasteiger charge is 2.25. The van der Waals surface area contributed by atoms with Crippen LogP contribution in [0.5, 0.6) is 0 Å². The number of nitrogens with two attached hydrogens (primary N) is 1.